The van der Waals surface area contributed by atoms with Crippen LogP contribution in [0.15, 0.2) is 12.1 Å². The number of nitrogens with one attached hydrogen (secondary N) is 2. The highest BCUT2D eigenvalue weighted by Gasteiger charge is 2.17. The molecule has 2 N–H and O–H groups in total. The molecule has 0 fully saturated rings. The molecule has 3 nitrogen and oxygen atoms in total. The first kappa shape index (κ1) is 9.59. The van der Waals surface area contributed by atoms with Gasteiger partial charge in [0, 0.05) is 12.6 Å². The van der Waals surface area contributed by atoms with Crippen LogP contribution >= 0.6 is 11.6 Å². The van der Waals surface area contributed by atoms with Gasteiger partial charge in [0.15, 0.2) is 5.82 Å². The first-order chi connectivity index (χ1) is 6.79. The van der Waals surface area contributed by atoms with E-state index >= 15 is 0 Å². The molecular formula is C10H14ClN3. The Hall–Kier alpha value is -0.960. The van der Waals surface area contributed by atoms with Crippen molar-refractivity contribution in [2.45, 2.75) is 25.8 Å². The fourth-order valence-electron chi connectivity index (χ4n) is 1.69. The topological polar surface area (TPSA) is 37.0 Å². The van der Waals surface area contributed by atoms with Gasteiger partial charge < -0.3 is 10.6 Å². The number of rotatable bonds is 2. The predicted octanol–water partition coefficient (Wildman–Crippen LogP) is 2.74. The van der Waals surface area contributed by atoms with Gasteiger partial charge in [-0.15, -0.1) is 0 Å². The summed E-state index contributed by atoms with van der Waals surface area (Å²) in [6.07, 6.45) is 2.33. The summed E-state index contributed by atoms with van der Waals surface area (Å²) >= 11 is 5.82. The Kier molecular flexibility index (Phi) is 2.77. The Morgan fingerprint density at radius 3 is 3.21 bits per heavy atom. The summed E-state index contributed by atoms with van der Waals surface area (Å²) in [5.74, 6) is 0.877. The normalized spacial score (nSPS) is 19.4. The van der Waals surface area contributed by atoms with Crippen LogP contribution in [0.1, 0.15) is 19.8 Å². The van der Waals surface area contributed by atoms with E-state index in [0.717, 1.165) is 24.5 Å². The van der Waals surface area contributed by atoms with Crippen molar-refractivity contribution in [1.82, 2.24) is 4.98 Å². The lowest BCUT2D eigenvalue weighted by Crippen LogP contribution is -2.33. The van der Waals surface area contributed by atoms with Crippen molar-refractivity contribution in [2.24, 2.45) is 0 Å². The first-order valence-corrected chi connectivity index (χ1v) is 5.34. The van der Waals surface area contributed by atoms with E-state index in [1.807, 2.05) is 6.07 Å². The van der Waals surface area contributed by atoms with Crippen molar-refractivity contribution in [1.29, 1.82) is 0 Å². The summed E-state index contributed by atoms with van der Waals surface area (Å²) in [5, 5.41) is 7.26. The minimum atomic E-state index is 0.471. The van der Waals surface area contributed by atoms with E-state index in [1.54, 1.807) is 6.07 Å². The molecule has 2 heterocycles. The molecule has 0 unspecified atom stereocenters. The van der Waals surface area contributed by atoms with Crippen molar-refractivity contribution < 1.29 is 0 Å². The molecule has 1 aliphatic heterocycles. The van der Waals surface area contributed by atoms with Gasteiger partial charge in [0.25, 0.3) is 0 Å². The lowest BCUT2D eigenvalue weighted by molar-refractivity contribution is 0.652. The zero-order valence-electron chi connectivity index (χ0n) is 8.18. The van der Waals surface area contributed by atoms with E-state index in [0.29, 0.717) is 11.2 Å². The van der Waals surface area contributed by atoms with Crippen LogP contribution in [0.25, 0.3) is 0 Å². The maximum absolute atomic E-state index is 5.82. The number of nitrogens with zero attached hydrogens (tertiary/aromatic N) is 1. The van der Waals surface area contributed by atoms with Gasteiger partial charge in [-0.2, -0.15) is 0 Å². The fraction of sp³-hybridized carbons (Fsp3) is 0.500. The molecule has 0 spiro atoms. The highest BCUT2D eigenvalue weighted by Crippen LogP contribution is 2.26. The molecule has 76 valence electrons. The molecule has 1 aromatic heterocycles. The van der Waals surface area contributed by atoms with Crippen LogP contribution in [0.2, 0.25) is 5.15 Å². The van der Waals surface area contributed by atoms with Crippen LogP contribution in [-0.2, 0) is 0 Å². The number of halogens is 1. The van der Waals surface area contributed by atoms with E-state index in [1.165, 1.54) is 6.42 Å². The third kappa shape index (κ3) is 1.93. The van der Waals surface area contributed by atoms with Gasteiger partial charge in [0.05, 0.1) is 5.69 Å². The quantitative estimate of drug-likeness (QED) is 0.739. The second kappa shape index (κ2) is 4.05. The highest BCUT2D eigenvalue weighted by molar-refractivity contribution is 6.29. The van der Waals surface area contributed by atoms with Crippen LogP contribution < -0.4 is 10.6 Å². The van der Waals surface area contributed by atoms with Crippen molar-refractivity contribution in [2.75, 3.05) is 17.2 Å². The molecule has 0 saturated heterocycles. The Morgan fingerprint density at radius 2 is 2.43 bits per heavy atom. The van der Waals surface area contributed by atoms with Crippen molar-refractivity contribution in [3.05, 3.63) is 17.3 Å². The van der Waals surface area contributed by atoms with Crippen LogP contribution in [0.5, 0.6) is 0 Å². The number of hydrogen-bond acceptors (Lipinski definition) is 3. The third-order valence-electron chi connectivity index (χ3n) is 2.38. The largest absolute Gasteiger partial charge is 0.380 e. The zero-order valence-corrected chi connectivity index (χ0v) is 8.93. The third-order valence-corrected chi connectivity index (χ3v) is 2.59. The minimum Gasteiger partial charge on any atom is -0.380 e. The van der Waals surface area contributed by atoms with Crippen molar-refractivity contribution >= 4 is 23.1 Å². The number of hydrogen-bond donors (Lipinski definition) is 2. The van der Waals surface area contributed by atoms with E-state index in [-0.39, 0.29) is 0 Å². The maximum atomic E-state index is 5.82. The maximum Gasteiger partial charge on any atom is 0.151 e. The van der Waals surface area contributed by atoms with Crippen LogP contribution in [0.4, 0.5) is 11.5 Å². The average molecular weight is 212 g/mol. The molecule has 0 aromatic carbocycles. The molecule has 1 atom stereocenters. The minimum absolute atomic E-state index is 0.471. The van der Waals surface area contributed by atoms with Gasteiger partial charge in [-0.3, -0.25) is 0 Å². The Labute approximate surface area is 88.9 Å². The molecule has 14 heavy (non-hydrogen) atoms. The number of fused-ring (bicyclic) bond motifs is 1. The molecule has 4 heteroatoms. The summed E-state index contributed by atoms with van der Waals surface area (Å²) in [5.41, 5.74) is 1.04. The van der Waals surface area contributed by atoms with E-state index in [2.05, 4.69) is 22.5 Å². The average Bonchev–Trinajstić information content (AvgIpc) is 2.17. The first-order valence-electron chi connectivity index (χ1n) is 4.96. The van der Waals surface area contributed by atoms with Gasteiger partial charge in [0.1, 0.15) is 5.15 Å². The van der Waals surface area contributed by atoms with Crippen LogP contribution in [-0.4, -0.2) is 17.6 Å². The summed E-state index contributed by atoms with van der Waals surface area (Å²) in [6, 6.07) is 4.23. The zero-order chi connectivity index (χ0) is 9.97. The Morgan fingerprint density at radius 1 is 1.57 bits per heavy atom. The number of pyridine rings is 1. The van der Waals surface area contributed by atoms with Crippen LogP contribution in [0.3, 0.4) is 0 Å². The van der Waals surface area contributed by atoms with Crippen molar-refractivity contribution in [3.8, 4) is 0 Å². The standard InChI is InChI=1S/C10H14ClN3/c1-2-3-7-6-12-8-4-5-9(11)14-10(8)13-7/h4-5,7,12H,2-3,6H2,1H3,(H,13,14)/t7-/m0/s1. The van der Waals surface area contributed by atoms with Crippen molar-refractivity contribution in [3.63, 3.8) is 0 Å². The molecule has 0 bridgehead atoms. The fourth-order valence-corrected chi connectivity index (χ4v) is 1.84. The molecule has 2 rings (SSSR count). The van der Waals surface area contributed by atoms with Gasteiger partial charge in [-0.1, -0.05) is 24.9 Å². The number of aromatic nitrogens is 1. The summed E-state index contributed by atoms with van der Waals surface area (Å²) in [4.78, 5) is 4.24. The van der Waals surface area contributed by atoms with Crippen LogP contribution in [0, 0.1) is 0 Å². The van der Waals surface area contributed by atoms with E-state index in [9.17, 15) is 0 Å². The predicted molar refractivity (Wildman–Crippen MR) is 60.1 cm³/mol. The molecular weight excluding hydrogens is 198 g/mol. The summed E-state index contributed by atoms with van der Waals surface area (Å²) < 4.78 is 0. The van der Waals surface area contributed by atoms with E-state index in [4.69, 9.17) is 11.6 Å². The molecule has 0 amide bonds. The second-order valence-corrected chi connectivity index (χ2v) is 3.93. The van der Waals surface area contributed by atoms with Gasteiger partial charge in [0.2, 0.25) is 0 Å². The monoisotopic (exact) mass is 211 g/mol. The lowest BCUT2D eigenvalue weighted by Gasteiger charge is -2.27. The summed E-state index contributed by atoms with van der Waals surface area (Å²) in [6.45, 7) is 3.15. The molecule has 0 aliphatic carbocycles. The smallest absolute Gasteiger partial charge is 0.151 e. The van der Waals surface area contributed by atoms with E-state index < -0.39 is 0 Å². The Bertz CT molecular complexity index is 327. The highest BCUT2D eigenvalue weighted by atomic mass is 35.5. The van der Waals surface area contributed by atoms with Gasteiger partial charge in [-0.25, -0.2) is 4.98 Å². The number of anilines is 2. The second-order valence-electron chi connectivity index (χ2n) is 3.54. The summed E-state index contributed by atoms with van der Waals surface area (Å²) in [7, 11) is 0. The molecule has 0 radical (unpaired) electrons. The SMILES string of the molecule is CCC[C@H]1CNc2ccc(Cl)nc2N1. The lowest BCUT2D eigenvalue weighted by atomic mass is 10.1. The van der Waals surface area contributed by atoms with Gasteiger partial charge in [-0.05, 0) is 18.6 Å². The molecule has 1 aromatic rings. The van der Waals surface area contributed by atoms with Gasteiger partial charge >= 0.3 is 0 Å². The molecule has 0 saturated carbocycles. The molecule has 1 aliphatic rings. The Balaban J connectivity index is 2.16.